The van der Waals surface area contributed by atoms with Crippen molar-refractivity contribution in [2.24, 2.45) is 0 Å². The minimum Gasteiger partial charge on any atom is -0.497 e. The number of halogens is 1. The van der Waals surface area contributed by atoms with Crippen LogP contribution in [0.15, 0.2) is 47.1 Å². The van der Waals surface area contributed by atoms with Crippen molar-refractivity contribution >= 4 is 22.6 Å². The first-order valence-electron chi connectivity index (χ1n) is 6.73. The number of hydrogen-bond acceptors (Lipinski definition) is 6. The van der Waals surface area contributed by atoms with Gasteiger partial charge in [0.25, 0.3) is 0 Å². The van der Waals surface area contributed by atoms with E-state index in [1.165, 1.54) is 0 Å². The fourth-order valence-electron chi connectivity index (χ4n) is 2.26. The predicted molar refractivity (Wildman–Crippen MR) is 83.7 cm³/mol. The van der Waals surface area contributed by atoms with E-state index in [1.54, 1.807) is 42.3 Å². The number of benzene rings is 1. The Morgan fingerprint density at radius 1 is 1.17 bits per heavy atom. The predicted octanol–water partition coefficient (Wildman–Crippen LogP) is 3.13. The maximum Gasteiger partial charge on any atom is 0.225 e. The van der Waals surface area contributed by atoms with Crippen LogP contribution in [0.2, 0.25) is 5.28 Å². The van der Waals surface area contributed by atoms with Crippen molar-refractivity contribution in [1.29, 1.82) is 0 Å². The van der Waals surface area contributed by atoms with Crippen molar-refractivity contribution in [3.05, 3.63) is 47.9 Å². The van der Waals surface area contributed by atoms with Gasteiger partial charge in [-0.3, -0.25) is 0 Å². The summed E-state index contributed by atoms with van der Waals surface area (Å²) >= 11 is 6.04. The number of rotatable bonds is 3. The molecular weight excluding hydrogens is 318 g/mol. The molecule has 23 heavy (non-hydrogen) atoms. The Bertz CT molecular complexity index is 981. The normalized spacial score (nSPS) is 11.0. The minimum atomic E-state index is 0.103. The maximum atomic E-state index is 6.04. The lowest BCUT2D eigenvalue weighted by molar-refractivity contribution is 0.415. The van der Waals surface area contributed by atoms with E-state index in [0.29, 0.717) is 28.5 Å². The van der Waals surface area contributed by atoms with Gasteiger partial charge in [-0.25, -0.2) is 4.98 Å². The van der Waals surface area contributed by atoms with E-state index >= 15 is 0 Å². The standard InChI is InChI=1S/C15H10ClN5O2/c1-22-9-4-5-12-10(7-9)19-20-21(12)14-8-11(17-15(16)18-14)13-3-2-6-23-13/h2-8H,1H3. The summed E-state index contributed by atoms with van der Waals surface area (Å²) in [6, 6.07) is 10.8. The Kier molecular flexibility index (Phi) is 3.20. The first kappa shape index (κ1) is 13.7. The summed E-state index contributed by atoms with van der Waals surface area (Å²) < 4.78 is 12.1. The molecule has 0 aliphatic carbocycles. The van der Waals surface area contributed by atoms with E-state index in [2.05, 4.69) is 20.3 Å². The lowest BCUT2D eigenvalue weighted by atomic mass is 10.3. The Morgan fingerprint density at radius 2 is 2.09 bits per heavy atom. The summed E-state index contributed by atoms with van der Waals surface area (Å²) in [5.74, 6) is 1.81. The second kappa shape index (κ2) is 5.36. The molecule has 3 heterocycles. The second-order valence-corrected chi connectivity index (χ2v) is 5.05. The van der Waals surface area contributed by atoms with Gasteiger partial charge in [-0.2, -0.15) is 9.67 Å². The zero-order chi connectivity index (χ0) is 15.8. The monoisotopic (exact) mass is 327 g/mol. The van der Waals surface area contributed by atoms with Gasteiger partial charge in [0.15, 0.2) is 11.6 Å². The van der Waals surface area contributed by atoms with Crippen LogP contribution in [0.1, 0.15) is 0 Å². The van der Waals surface area contributed by atoms with Crippen LogP contribution in [0.3, 0.4) is 0 Å². The van der Waals surface area contributed by atoms with Crippen molar-refractivity contribution in [2.75, 3.05) is 7.11 Å². The average molecular weight is 328 g/mol. The van der Waals surface area contributed by atoms with Crippen molar-refractivity contribution in [1.82, 2.24) is 25.0 Å². The summed E-state index contributed by atoms with van der Waals surface area (Å²) in [7, 11) is 1.60. The van der Waals surface area contributed by atoms with E-state index in [0.717, 1.165) is 5.52 Å². The highest BCUT2D eigenvalue weighted by Crippen LogP contribution is 2.24. The van der Waals surface area contributed by atoms with E-state index in [9.17, 15) is 0 Å². The first-order valence-corrected chi connectivity index (χ1v) is 7.11. The molecule has 7 nitrogen and oxygen atoms in total. The molecule has 114 valence electrons. The summed E-state index contributed by atoms with van der Waals surface area (Å²) in [6.07, 6.45) is 1.57. The van der Waals surface area contributed by atoms with Crippen LogP contribution in [0.4, 0.5) is 0 Å². The molecule has 0 amide bonds. The number of aromatic nitrogens is 5. The van der Waals surface area contributed by atoms with Crippen LogP contribution >= 0.6 is 11.6 Å². The molecule has 1 aromatic carbocycles. The number of fused-ring (bicyclic) bond motifs is 1. The summed E-state index contributed by atoms with van der Waals surface area (Å²) in [4.78, 5) is 8.39. The molecule has 0 aliphatic heterocycles. The van der Waals surface area contributed by atoms with E-state index in [-0.39, 0.29) is 5.28 Å². The van der Waals surface area contributed by atoms with Crippen molar-refractivity contribution < 1.29 is 9.15 Å². The molecular formula is C15H10ClN5O2. The third kappa shape index (κ3) is 2.40. The van der Waals surface area contributed by atoms with Crippen LogP contribution in [0.5, 0.6) is 5.75 Å². The third-order valence-corrected chi connectivity index (χ3v) is 3.50. The molecule has 0 radical (unpaired) electrons. The first-order chi connectivity index (χ1) is 11.2. The molecule has 4 rings (SSSR count). The van der Waals surface area contributed by atoms with Gasteiger partial charge in [0.1, 0.15) is 17.0 Å². The SMILES string of the molecule is COc1ccc2c(c1)nnn2-c1cc(-c2ccco2)nc(Cl)n1. The zero-order valence-electron chi connectivity index (χ0n) is 12.0. The van der Waals surface area contributed by atoms with Gasteiger partial charge in [0, 0.05) is 12.1 Å². The number of methoxy groups -OCH3 is 1. The molecule has 0 unspecified atom stereocenters. The number of ether oxygens (including phenoxy) is 1. The minimum absolute atomic E-state index is 0.103. The van der Waals surface area contributed by atoms with Crippen molar-refractivity contribution in [2.45, 2.75) is 0 Å². The summed E-state index contributed by atoms with van der Waals surface area (Å²) in [5.41, 5.74) is 2.05. The average Bonchev–Trinajstić information content (AvgIpc) is 3.23. The van der Waals surface area contributed by atoms with Gasteiger partial charge < -0.3 is 9.15 Å². The van der Waals surface area contributed by atoms with E-state index in [1.807, 2.05) is 12.1 Å². The largest absolute Gasteiger partial charge is 0.497 e. The van der Waals surface area contributed by atoms with Gasteiger partial charge in [0.2, 0.25) is 5.28 Å². The van der Waals surface area contributed by atoms with Gasteiger partial charge >= 0.3 is 0 Å². The molecule has 8 heteroatoms. The Morgan fingerprint density at radius 3 is 2.87 bits per heavy atom. The van der Waals surface area contributed by atoms with E-state index < -0.39 is 0 Å². The summed E-state index contributed by atoms with van der Waals surface area (Å²) in [5, 5.41) is 8.37. The maximum absolute atomic E-state index is 6.04. The molecule has 0 bridgehead atoms. The number of furan rings is 1. The smallest absolute Gasteiger partial charge is 0.225 e. The van der Waals surface area contributed by atoms with Crippen LogP contribution in [-0.2, 0) is 0 Å². The fourth-order valence-corrected chi connectivity index (χ4v) is 2.44. The topological polar surface area (TPSA) is 78.9 Å². The zero-order valence-corrected chi connectivity index (χ0v) is 12.7. The molecule has 0 saturated heterocycles. The van der Waals surface area contributed by atoms with Gasteiger partial charge in [-0.05, 0) is 35.9 Å². The number of nitrogens with zero attached hydrogens (tertiary/aromatic N) is 5. The molecule has 0 atom stereocenters. The molecule has 0 aliphatic rings. The molecule has 4 aromatic rings. The Hall–Kier alpha value is -2.93. The van der Waals surface area contributed by atoms with Crippen molar-refractivity contribution in [3.63, 3.8) is 0 Å². The lowest BCUT2D eigenvalue weighted by Gasteiger charge is -2.04. The lowest BCUT2D eigenvalue weighted by Crippen LogP contribution is -2.02. The molecule has 0 saturated carbocycles. The summed E-state index contributed by atoms with van der Waals surface area (Å²) in [6.45, 7) is 0. The molecule has 0 fully saturated rings. The highest BCUT2D eigenvalue weighted by atomic mass is 35.5. The van der Waals surface area contributed by atoms with Gasteiger partial charge in [-0.15, -0.1) is 5.10 Å². The molecule has 0 spiro atoms. The van der Waals surface area contributed by atoms with Crippen LogP contribution < -0.4 is 4.74 Å². The number of hydrogen-bond donors (Lipinski definition) is 0. The Balaban J connectivity index is 1.88. The molecule has 0 N–H and O–H groups in total. The fraction of sp³-hybridized carbons (Fsp3) is 0.0667. The van der Waals surface area contributed by atoms with Gasteiger partial charge in [-0.1, -0.05) is 5.21 Å². The van der Waals surface area contributed by atoms with E-state index in [4.69, 9.17) is 20.8 Å². The van der Waals surface area contributed by atoms with Crippen LogP contribution in [-0.4, -0.2) is 32.1 Å². The quantitative estimate of drug-likeness (QED) is 0.538. The second-order valence-electron chi connectivity index (χ2n) is 4.71. The highest BCUT2D eigenvalue weighted by Gasteiger charge is 2.13. The highest BCUT2D eigenvalue weighted by molar-refractivity contribution is 6.28. The van der Waals surface area contributed by atoms with Gasteiger partial charge in [0.05, 0.1) is 18.9 Å². The Labute approximate surface area is 135 Å². The van der Waals surface area contributed by atoms with Crippen LogP contribution in [0, 0.1) is 0 Å². The van der Waals surface area contributed by atoms with Crippen molar-refractivity contribution in [3.8, 4) is 23.0 Å². The third-order valence-electron chi connectivity index (χ3n) is 3.33. The molecule has 3 aromatic heterocycles. The van der Waals surface area contributed by atoms with Crippen LogP contribution in [0.25, 0.3) is 28.3 Å².